The van der Waals surface area contributed by atoms with Crippen molar-refractivity contribution in [2.45, 2.75) is 0 Å². The van der Waals surface area contributed by atoms with Crippen LogP contribution in [0.5, 0.6) is 11.5 Å². The van der Waals surface area contributed by atoms with E-state index in [1.165, 1.54) is 13.3 Å². The van der Waals surface area contributed by atoms with Gasteiger partial charge in [0.05, 0.1) is 23.4 Å². The van der Waals surface area contributed by atoms with Gasteiger partial charge in [-0.1, -0.05) is 24.3 Å². The van der Waals surface area contributed by atoms with E-state index in [4.69, 9.17) is 9.47 Å². The van der Waals surface area contributed by atoms with Gasteiger partial charge in [0.2, 0.25) is 0 Å². The van der Waals surface area contributed by atoms with Crippen LogP contribution in [0.25, 0.3) is 0 Å². The molecule has 1 amide bonds. The molecule has 3 rings (SSSR count). The van der Waals surface area contributed by atoms with E-state index in [9.17, 15) is 9.59 Å². The van der Waals surface area contributed by atoms with Crippen LogP contribution in [0.15, 0.2) is 76.3 Å². The van der Waals surface area contributed by atoms with Gasteiger partial charge in [-0.05, 0) is 86.5 Å². The number of rotatable bonds is 6. The van der Waals surface area contributed by atoms with Crippen LogP contribution >= 0.6 is 38.5 Å². The molecule has 0 aliphatic heterocycles. The minimum absolute atomic E-state index is 0.256. The maximum absolute atomic E-state index is 12.4. The average molecular weight is 579 g/mol. The van der Waals surface area contributed by atoms with E-state index in [1.807, 2.05) is 12.1 Å². The van der Waals surface area contributed by atoms with Gasteiger partial charge >= 0.3 is 5.97 Å². The van der Waals surface area contributed by atoms with Crippen LogP contribution in [0.3, 0.4) is 0 Å². The predicted molar refractivity (Wildman–Crippen MR) is 126 cm³/mol. The normalized spacial score (nSPS) is 10.6. The average Bonchev–Trinajstić information content (AvgIpc) is 2.75. The Morgan fingerprint density at radius 1 is 1.03 bits per heavy atom. The number of hydrogen-bond acceptors (Lipinski definition) is 5. The Morgan fingerprint density at radius 2 is 1.77 bits per heavy atom. The number of nitrogens with zero attached hydrogens (tertiary/aromatic N) is 1. The van der Waals surface area contributed by atoms with Gasteiger partial charge in [-0.2, -0.15) is 5.10 Å². The second-order valence-corrected chi connectivity index (χ2v) is 8.10. The number of benzene rings is 3. The third-order valence-electron chi connectivity index (χ3n) is 3.92. The number of ether oxygens (including phenoxy) is 2. The second kappa shape index (κ2) is 10.4. The van der Waals surface area contributed by atoms with Gasteiger partial charge in [0.25, 0.3) is 5.91 Å². The molecule has 6 nitrogen and oxygen atoms in total. The minimum Gasteiger partial charge on any atom is -0.493 e. The van der Waals surface area contributed by atoms with Crippen molar-refractivity contribution in [2.24, 2.45) is 5.10 Å². The van der Waals surface area contributed by atoms with Crippen molar-refractivity contribution in [2.75, 3.05) is 7.11 Å². The third kappa shape index (κ3) is 5.67. The number of esters is 1. The Morgan fingerprint density at radius 3 is 2.47 bits per heavy atom. The lowest BCUT2D eigenvalue weighted by atomic mass is 10.2. The lowest BCUT2D eigenvalue weighted by Crippen LogP contribution is -2.17. The fourth-order valence-electron chi connectivity index (χ4n) is 2.50. The van der Waals surface area contributed by atoms with E-state index in [0.29, 0.717) is 26.9 Å². The summed E-state index contributed by atoms with van der Waals surface area (Å²) in [5, 5.41) is 3.99. The van der Waals surface area contributed by atoms with Gasteiger partial charge in [0, 0.05) is 9.13 Å². The number of halogens is 2. The maximum Gasteiger partial charge on any atom is 0.343 e. The molecule has 0 heterocycles. The SMILES string of the molecule is COc1cc(/C=N\NC(=O)c2cccc(I)c2)cc(Br)c1OC(=O)c1ccccc1. The fourth-order valence-corrected chi connectivity index (χ4v) is 3.58. The summed E-state index contributed by atoms with van der Waals surface area (Å²) in [7, 11) is 1.47. The smallest absolute Gasteiger partial charge is 0.343 e. The Hall–Kier alpha value is -2.72. The van der Waals surface area contributed by atoms with Gasteiger partial charge in [0.15, 0.2) is 11.5 Å². The molecule has 8 heteroatoms. The number of carbonyl (C=O) groups excluding carboxylic acids is 2. The van der Waals surface area contributed by atoms with Crippen molar-refractivity contribution in [3.63, 3.8) is 0 Å². The zero-order valence-corrected chi connectivity index (χ0v) is 19.5. The quantitative estimate of drug-likeness (QED) is 0.146. The van der Waals surface area contributed by atoms with Gasteiger partial charge in [-0.15, -0.1) is 0 Å². The molecule has 1 N–H and O–H groups in total. The van der Waals surface area contributed by atoms with E-state index >= 15 is 0 Å². The fraction of sp³-hybridized carbons (Fsp3) is 0.0455. The lowest BCUT2D eigenvalue weighted by Gasteiger charge is -2.12. The zero-order chi connectivity index (χ0) is 21.5. The molecule has 0 aromatic heterocycles. The molecule has 0 saturated carbocycles. The van der Waals surface area contributed by atoms with Crippen molar-refractivity contribution < 1.29 is 19.1 Å². The lowest BCUT2D eigenvalue weighted by molar-refractivity contribution is 0.0728. The summed E-state index contributed by atoms with van der Waals surface area (Å²) in [6, 6.07) is 19.2. The number of carbonyl (C=O) groups is 2. The summed E-state index contributed by atoms with van der Waals surface area (Å²) in [6.07, 6.45) is 1.47. The van der Waals surface area contributed by atoms with Crippen molar-refractivity contribution >= 4 is 56.6 Å². The number of amides is 1. The van der Waals surface area contributed by atoms with Gasteiger partial charge in [0.1, 0.15) is 0 Å². The Balaban J connectivity index is 1.74. The molecule has 0 bridgehead atoms. The molecule has 0 atom stereocenters. The third-order valence-corrected chi connectivity index (χ3v) is 5.18. The summed E-state index contributed by atoms with van der Waals surface area (Å²) in [6.45, 7) is 0. The largest absolute Gasteiger partial charge is 0.493 e. The maximum atomic E-state index is 12.4. The molecule has 0 saturated heterocycles. The first-order valence-electron chi connectivity index (χ1n) is 8.71. The highest BCUT2D eigenvalue weighted by Gasteiger charge is 2.16. The molecule has 0 spiro atoms. The molecule has 152 valence electrons. The van der Waals surface area contributed by atoms with E-state index in [0.717, 1.165) is 3.57 Å². The van der Waals surface area contributed by atoms with Crippen LogP contribution < -0.4 is 14.9 Å². The molecule has 3 aromatic rings. The summed E-state index contributed by atoms with van der Waals surface area (Å²) >= 11 is 5.54. The van der Waals surface area contributed by atoms with E-state index in [1.54, 1.807) is 54.6 Å². The zero-order valence-electron chi connectivity index (χ0n) is 15.8. The minimum atomic E-state index is -0.499. The number of hydrogen-bond donors (Lipinski definition) is 1. The van der Waals surface area contributed by atoms with Crippen LogP contribution in [0.1, 0.15) is 26.3 Å². The summed E-state index contributed by atoms with van der Waals surface area (Å²) in [5.74, 6) is -0.213. The van der Waals surface area contributed by atoms with Crippen molar-refractivity contribution in [3.8, 4) is 11.5 Å². The summed E-state index contributed by atoms with van der Waals surface area (Å²) < 4.78 is 12.3. The van der Waals surface area contributed by atoms with Crippen LogP contribution in [0.4, 0.5) is 0 Å². The van der Waals surface area contributed by atoms with Crippen molar-refractivity contribution in [3.05, 3.63) is 91.5 Å². The number of hydrazone groups is 1. The monoisotopic (exact) mass is 578 g/mol. The second-order valence-electron chi connectivity index (χ2n) is 6.00. The molecular formula is C22H16BrIN2O4. The van der Waals surface area contributed by atoms with Crippen LogP contribution in [-0.4, -0.2) is 25.2 Å². The van der Waals surface area contributed by atoms with Gasteiger partial charge < -0.3 is 9.47 Å². The molecule has 0 fully saturated rings. The van der Waals surface area contributed by atoms with Crippen LogP contribution in [-0.2, 0) is 0 Å². The molecule has 0 aliphatic rings. The first-order chi connectivity index (χ1) is 14.5. The van der Waals surface area contributed by atoms with Crippen LogP contribution in [0.2, 0.25) is 0 Å². The Kier molecular flexibility index (Phi) is 7.58. The highest BCUT2D eigenvalue weighted by atomic mass is 127. The van der Waals surface area contributed by atoms with Gasteiger partial charge in [-0.25, -0.2) is 10.2 Å². The number of nitrogens with one attached hydrogen (secondary N) is 1. The van der Waals surface area contributed by atoms with E-state index in [2.05, 4.69) is 49.0 Å². The highest BCUT2D eigenvalue weighted by molar-refractivity contribution is 14.1. The van der Waals surface area contributed by atoms with Crippen LogP contribution in [0, 0.1) is 3.57 Å². The molecule has 0 unspecified atom stereocenters. The van der Waals surface area contributed by atoms with E-state index in [-0.39, 0.29) is 11.7 Å². The highest BCUT2D eigenvalue weighted by Crippen LogP contribution is 2.36. The first-order valence-corrected chi connectivity index (χ1v) is 10.6. The molecule has 3 aromatic carbocycles. The first kappa shape index (κ1) is 22.0. The molecular weight excluding hydrogens is 563 g/mol. The van der Waals surface area contributed by atoms with Crippen molar-refractivity contribution in [1.82, 2.24) is 5.43 Å². The molecule has 30 heavy (non-hydrogen) atoms. The number of methoxy groups -OCH3 is 1. The van der Waals surface area contributed by atoms with Crippen molar-refractivity contribution in [1.29, 1.82) is 0 Å². The Bertz CT molecular complexity index is 1100. The summed E-state index contributed by atoms with van der Waals surface area (Å²) in [5.41, 5.74) is 4.07. The van der Waals surface area contributed by atoms with E-state index < -0.39 is 5.97 Å². The predicted octanol–water partition coefficient (Wildman–Crippen LogP) is 5.05. The standard InChI is InChI=1S/C22H16BrIN2O4/c1-29-19-11-14(13-25-26-21(27)16-8-5-9-17(24)12-16)10-18(23)20(19)30-22(28)15-6-3-2-4-7-15/h2-13H,1H3,(H,26,27)/b25-13-. The topological polar surface area (TPSA) is 77.0 Å². The summed E-state index contributed by atoms with van der Waals surface area (Å²) in [4.78, 5) is 24.5. The molecule has 0 aliphatic carbocycles. The molecule has 0 radical (unpaired) electrons. The van der Waals surface area contributed by atoms with Gasteiger partial charge in [-0.3, -0.25) is 4.79 Å². The Labute approximate surface area is 195 Å².